The Hall–Kier alpha value is -2.55. The van der Waals surface area contributed by atoms with E-state index in [0.717, 1.165) is 0 Å². The molecule has 3 rings (SSSR count). The number of allylic oxidation sites excluding steroid dienone is 1. The molecule has 286 valence electrons. The lowest BCUT2D eigenvalue weighted by Crippen LogP contribution is -2.53. The molecule has 2 saturated heterocycles. The molecule has 0 aromatic rings. The quantitative estimate of drug-likeness (QED) is 0.0952. The second kappa shape index (κ2) is 18.8. The van der Waals surface area contributed by atoms with Crippen LogP contribution in [0.1, 0.15) is 87.0 Å². The van der Waals surface area contributed by atoms with E-state index in [1.165, 1.54) is 6.92 Å². The van der Waals surface area contributed by atoms with Crippen molar-refractivity contribution in [2.75, 3.05) is 39.3 Å². The molecule has 50 heavy (non-hydrogen) atoms. The fourth-order valence-electron chi connectivity index (χ4n) is 6.95. The van der Waals surface area contributed by atoms with Crippen molar-refractivity contribution in [1.82, 2.24) is 9.80 Å². The van der Waals surface area contributed by atoms with Crippen molar-refractivity contribution in [3.05, 3.63) is 24.3 Å². The smallest absolute Gasteiger partial charge is 0.410 e. The lowest BCUT2D eigenvalue weighted by atomic mass is 9.86. The van der Waals surface area contributed by atoms with Gasteiger partial charge in [-0.2, -0.15) is 0 Å². The number of rotatable bonds is 13. The molecule has 0 aromatic heterocycles. The minimum Gasteiger partial charge on any atom is -0.461 e. The Balaban J connectivity index is 1.74. The number of epoxide rings is 1. The van der Waals surface area contributed by atoms with Gasteiger partial charge < -0.3 is 44.3 Å². The van der Waals surface area contributed by atoms with Crippen molar-refractivity contribution in [3.63, 3.8) is 0 Å². The predicted octanol–water partition coefficient (Wildman–Crippen LogP) is 2.97. The number of amides is 1. The van der Waals surface area contributed by atoms with Crippen molar-refractivity contribution in [2.24, 2.45) is 17.8 Å². The van der Waals surface area contributed by atoms with Gasteiger partial charge in [0.1, 0.15) is 6.10 Å². The van der Waals surface area contributed by atoms with E-state index in [4.69, 9.17) is 18.9 Å². The van der Waals surface area contributed by atoms with Crippen LogP contribution in [0.2, 0.25) is 0 Å². The Bertz CT molecular complexity index is 1170. The van der Waals surface area contributed by atoms with Crippen LogP contribution in [-0.2, 0) is 28.5 Å². The number of piperazine rings is 1. The summed E-state index contributed by atoms with van der Waals surface area (Å²) in [6, 6.07) is 0. The van der Waals surface area contributed by atoms with Gasteiger partial charge in [-0.1, -0.05) is 45.9 Å². The number of aliphatic hydroxyl groups excluding tert-OH is 3. The summed E-state index contributed by atoms with van der Waals surface area (Å²) in [5, 5.41) is 41.3. The fourth-order valence-corrected chi connectivity index (χ4v) is 6.95. The molecule has 2 fully saturated rings. The summed E-state index contributed by atoms with van der Waals surface area (Å²) in [4.78, 5) is 42.4. The van der Waals surface area contributed by atoms with Gasteiger partial charge in [0.2, 0.25) is 0 Å². The molecule has 0 spiro atoms. The molecule has 3 heterocycles. The molecular formula is C37H62N2O11. The maximum absolute atomic E-state index is 13.4. The van der Waals surface area contributed by atoms with Crippen molar-refractivity contribution >= 4 is 18.0 Å². The van der Waals surface area contributed by atoms with Gasteiger partial charge in [0.05, 0.1) is 43.0 Å². The topological polar surface area (TPSA) is 179 Å². The van der Waals surface area contributed by atoms with E-state index in [0.29, 0.717) is 52.0 Å². The van der Waals surface area contributed by atoms with E-state index in [1.807, 2.05) is 33.8 Å². The molecule has 0 radical (unpaired) electrons. The van der Waals surface area contributed by atoms with Crippen molar-refractivity contribution < 1.29 is 53.8 Å². The van der Waals surface area contributed by atoms with Crippen LogP contribution in [0.15, 0.2) is 24.3 Å². The summed E-state index contributed by atoms with van der Waals surface area (Å²) in [5.74, 6) is -1.69. The molecule has 0 unspecified atom stereocenters. The molecule has 4 N–H and O–H groups in total. The normalized spacial score (nSPS) is 33.6. The molecule has 13 nitrogen and oxygen atoms in total. The number of nitrogens with zero attached hydrogens (tertiary/aromatic N) is 2. The third-order valence-corrected chi connectivity index (χ3v) is 10.3. The largest absolute Gasteiger partial charge is 0.461 e. The number of esters is 2. The van der Waals surface area contributed by atoms with Crippen LogP contribution in [0, 0.1) is 17.8 Å². The Morgan fingerprint density at radius 2 is 1.86 bits per heavy atom. The van der Waals surface area contributed by atoms with E-state index in [-0.39, 0.29) is 55.8 Å². The molecule has 3 aliphatic heterocycles. The number of carbonyl (C=O) groups is 3. The lowest BCUT2D eigenvalue weighted by Gasteiger charge is -2.40. The minimum absolute atomic E-state index is 0.0158. The van der Waals surface area contributed by atoms with Crippen LogP contribution in [0.3, 0.4) is 0 Å². The first-order valence-corrected chi connectivity index (χ1v) is 18.3. The Morgan fingerprint density at radius 1 is 1.18 bits per heavy atom. The van der Waals surface area contributed by atoms with Gasteiger partial charge in [0, 0.05) is 57.9 Å². The summed E-state index contributed by atoms with van der Waals surface area (Å²) in [6.45, 7) is 14.9. The number of aliphatic hydroxyl groups is 4. The first-order chi connectivity index (χ1) is 23.5. The predicted molar refractivity (Wildman–Crippen MR) is 186 cm³/mol. The van der Waals surface area contributed by atoms with Crippen LogP contribution in [0.25, 0.3) is 0 Å². The maximum Gasteiger partial charge on any atom is 0.410 e. The molecular weight excluding hydrogens is 648 g/mol. The molecule has 1 amide bonds. The van der Waals surface area contributed by atoms with Crippen molar-refractivity contribution in [1.29, 1.82) is 0 Å². The number of ether oxygens (including phenoxy) is 4. The molecule has 0 bridgehead atoms. The average molecular weight is 711 g/mol. The molecule has 3 aliphatic rings. The van der Waals surface area contributed by atoms with E-state index >= 15 is 0 Å². The molecule has 11 atom stereocenters. The van der Waals surface area contributed by atoms with E-state index in [9.17, 15) is 34.8 Å². The molecule has 13 heteroatoms. The van der Waals surface area contributed by atoms with Crippen LogP contribution in [-0.4, -0.2) is 135 Å². The number of cyclic esters (lactones) is 1. The molecule has 0 aliphatic carbocycles. The van der Waals surface area contributed by atoms with Crippen LogP contribution >= 0.6 is 0 Å². The summed E-state index contributed by atoms with van der Waals surface area (Å²) in [5.41, 5.74) is -2.49. The highest BCUT2D eigenvalue weighted by Crippen LogP contribution is 2.38. The second-order valence-corrected chi connectivity index (χ2v) is 15.0. The zero-order chi connectivity index (χ0) is 37.2. The zero-order valence-electron chi connectivity index (χ0n) is 31.0. The average Bonchev–Trinajstić information content (AvgIpc) is 3.81. The first-order valence-electron chi connectivity index (χ1n) is 18.3. The number of carbonyl (C=O) groups excluding carboxylic acids is 3. The molecule has 0 saturated carbocycles. The third-order valence-electron chi connectivity index (χ3n) is 10.3. The fraction of sp³-hybridized carbons (Fsp3) is 0.811. The van der Waals surface area contributed by atoms with Gasteiger partial charge in [-0.25, -0.2) is 4.79 Å². The van der Waals surface area contributed by atoms with Crippen molar-refractivity contribution in [3.8, 4) is 0 Å². The highest BCUT2D eigenvalue weighted by molar-refractivity contribution is 5.70. The van der Waals surface area contributed by atoms with E-state index in [1.54, 1.807) is 37.0 Å². The minimum atomic E-state index is -1.35. The van der Waals surface area contributed by atoms with Crippen molar-refractivity contribution in [2.45, 2.75) is 135 Å². The Kier molecular flexibility index (Phi) is 15.7. The Morgan fingerprint density at radius 3 is 2.48 bits per heavy atom. The van der Waals surface area contributed by atoms with Gasteiger partial charge in [0.25, 0.3) is 0 Å². The van der Waals surface area contributed by atoms with Crippen LogP contribution < -0.4 is 0 Å². The maximum atomic E-state index is 13.4. The monoisotopic (exact) mass is 710 g/mol. The summed E-state index contributed by atoms with van der Waals surface area (Å²) in [7, 11) is 0. The van der Waals surface area contributed by atoms with Gasteiger partial charge >= 0.3 is 18.0 Å². The third kappa shape index (κ3) is 12.6. The zero-order valence-corrected chi connectivity index (χ0v) is 31.0. The number of hydrogen-bond donors (Lipinski definition) is 4. The highest BCUT2D eigenvalue weighted by Gasteiger charge is 2.47. The van der Waals surface area contributed by atoms with Crippen LogP contribution in [0.4, 0.5) is 4.79 Å². The van der Waals surface area contributed by atoms with Gasteiger partial charge in [-0.15, -0.1) is 0 Å². The van der Waals surface area contributed by atoms with Gasteiger partial charge in [0.15, 0.2) is 11.7 Å². The van der Waals surface area contributed by atoms with Gasteiger partial charge in [-0.3, -0.25) is 14.5 Å². The van der Waals surface area contributed by atoms with E-state index in [2.05, 4.69) is 4.90 Å². The highest BCUT2D eigenvalue weighted by atomic mass is 16.6. The SMILES string of the molecule is CC[C@H](O)[C@@H](C)[C@H]1O[C@@H]1C[C@@](C)(O)/C=C/C[C@H](C)[C@H]1OC(=O)C[C@H](O)CC[C@@](C)(OC(=O)N2CCN(CCO)CC2)[C@@H](OC(C)=O)/C=C\[C@@H]1C. The van der Waals surface area contributed by atoms with Gasteiger partial charge in [-0.05, 0) is 51.5 Å². The lowest BCUT2D eigenvalue weighted by molar-refractivity contribution is -0.159. The summed E-state index contributed by atoms with van der Waals surface area (Å²) >= 11 is 0. The number of β-amino-alcohol motifs (C(OH)–C–C–N with tert-alkyl or cyclic N) is 1. The first kappa shape index (κ1) is 41.9. The second-order valence-electron chi connectivity index (χ2n) is 15.0. The standard InChI is InChI=1S/C37H62N2O11/c1-8-29(43)26(4)34-30(48-34)23-36(6,46)14-9-10-24(2)33-25(3)11-12-31(47-27(5)41)37(7,15-13-28(42)22-32(44)49-33)50-35(45)39-18-16-38(17-19-39)20-21-40/h9,11-12,14,24-26,28-31,33-34,40,42-43,46H,8,10,13,15-23H2,1-7H3/b12-11-,14-9+/t24-,25-,26+,28+,29-,30+,31-,33+,34+,36-,37+/m0/s1. The van der Waals surface area contributed by atoms with Crippen LogP contribution in [0.5, 0.6) is 0 Å². The summed E-state index contributed by atoms with van der Waals surface area (Å²) < 4.78 is 23.5. The number of hydrogen-bond acceptors (Lipinski definition) is 12. The molecule has 0 aromatic carbocycles. The Labute approximate surface area is 297 Å². The summed E-state index contributed by atoms with van der Waals surface area (Å²) in [6.07, 6.45) is 4.60. The van der Waals surface area contributed by atoms with E-state index < -0.39 is 53.6 Å².